The van der Waals surface area contributed by atoms with Crippen molar-refractivity contribution in [3.8, 4) is 16.3 Å². The fraction of sp³-hybridized carbons (Fsp3) is 0.348. The van der Waals surface area contributed by atoms with Gasteiger partial charge in [-0.05, 0) is 55.7 Å². The number of nitrogens with two attached hydrogens (primary N) is 1. The smallest absolute Gasteiger partial charge is 0.254 e. The normalized spacial score (nSPS) is 11.9. The Kier molecular flexibility index (Phi) is 7.70. The number of benzene rings is 2. The zero-order valence-electron chi connectivity index (χ0n) is 17.9. The molecule has 1 atom stereocenters. The number of nitrogens with zero attached hydrogens (tertiary/aromatic N) is 2. The van der Waals surface area contributed by atoms with Crippen molar-refractivity contribution in [1.29, 1.82) is 0 Å². The van der Waals surface area contributed by atoms with Crippen LogP contribution in [0.2, 0.25) is 0 Å². The average molecular weight is 443 g/mol. The molecule has 6 nitrogen and oxygen atoms in total. The molecular weight excluding hydrogens is 415 g/mol. The third kappa shape index (κ3) is 5.45. The van der Waals surface area contributed by atoms with E-state index in [0.717, 1.165) is 33.9 Å². The van der Waals surface area contributed by atoms with E-state index in [0.29, 0.717) is 24.6 Å². The molecule has 0 spiro atoms. The van der Waals surface area contributed by atoms with Gasteiger partial charge in [-0.25, -0.2) is 4.39 Å². The van der Waals surface area contributed by atoms with Gasteiger partial charge in [-0.2, -0.15) is 0 Å². The predicted molar refractivity (Wildman–Crippen MR) is 121 cm³/mol. The molecule has 3 N–H and O–H groups in total. The monoisotopic (exact) mass is 442 g/mol. The Balaban J connectivity index is 1.83. The molecule has 0 fully saturated rings. The number of carbonyl (C=O) groups excluding carboxylic acids is 1. The van der Waals surface area contributed by atoms with Crippen molar-refractivity contribution < 1.29 is 13.9 Å². The van der Waals surface area contributed by atoms with E-state index < -0.39 is 11.7 Å². The van der Waals surface area contributed by atoms with Crippen LogP contribution in [0.25, 0.3) is 10.6 Å². The van der Waals surface area contributed by atoms with Crippen molar-refractivity contribution in [3.63, 3.8) is 0 Å². The Morgan fingerprint density at radius 1 is 1.23 bits per heavy atom. The minimum absolute atomic E-state index is 0.0210. The molecule has 1 unspecified atom stereocenters. The topological polar surface area (TPSA) is 90.1 Å². The summed E-state index contributed by atoms with van der Waals surface area (Å²) in [6.45, 7) is 6.91. The van der Waals surface area contributed by atoms with Crippen LogP contribution < -0.4 is 15.8 Å². The lowest BCUT2D eigenvalue weighted by Crippen LogP contribution is -2.29. The van der Waals surface area contributed by atoms with Gasteiger partial charge in [0.15, 0.2) is 0 Å². The molecule has 8 heteroatoms. The van der Waals surface area contributed by atoms with Crippen LogP contribution in [0.15, 0.2) is 36.4 Å². The fourth-order valence-electron chi connectivity index (χ4n) is 3.38. The summed E-state index contributed by atoms with van der Waals surface area (Å²) >= 11 is 1.43. The van der Waals surface area contributed by atoms with Crippen molar-refractivity contribution in [1.82, 2.24) is 15.5 Å². The second-order valence-corrected chi connectivity index (χ2v) is 8.33. The summed E-state index contributed by atoms with van der Waals surface area (Å²) in [4.78, 5) is 12.6. The van der Waals surface area contributed by atoms with Crippen molar-refractivity contribution in [2.75, 3.05) is 13.2 Å². The predicted octanol–water partition coefficient (Wildman–Crippen LogP) is 4.57. The van der Waals surface area contributed by atoms with Crippen LogP contribution in [-0.4, -0.2) is 29.3 Å². The zero-order chi connectivity index (χ0) is 22.4. The first-order chi connectivity index (χ1) is 14.9. The van der Waals surface area contributed by atoms with E-state index >= 15 is 0 Å². The van der Waals surface area contributed by atoms with Crippen molar-refractivity contribution in [2.24, 2.45) is 5.73 Å². The lowest BCUT2D eigenvalue weighted by atomic mass is 10.1. The van der Waals surface area contributed by atoms with Crippen molar-refractivity contribution in [3.05, 3.63) is 63.9 Å². The molecule has 0 saturated carbocycles. The van der Waals surface area contributed by atoms with E-state index in [2.05, 4.69) is 15.5 Å². The number of aromatic nitrogens is 2. The Morgan fingerprint density at radius 3 is 2.58 bits per heavy atom. The number of halogens is 1. The molecule has 0 saturated heterocycles. The number of amides is 1. The highest BCUT2D eigenvalue weighted by Gasteiger charge is 2.22. The lowest BCUT2D eigenvalue weighted by Gasteiger charge is -2.15. The number of ether oxygens (including phenoxy) is 1. The minimum atomic E-state index is -0.545. The Bertz CT molecular complexity index is 1030. The summed E-state index contributed by atoms with van der Waals surface area (Å²) in [5, 5.41) is 13.0. The first-order valence-electron chi connectivity index (χ1n) is 10.3. The van der Waals surface area contributed by atoms with E-state index in [-0.39, 0.29) is 11.6 Å². The van der Waals surface area contributed by atoms with Gasteiger partial charge in [-0.1, -0.05) is 36.8 Å². The van der Waals surface area contributed by atoms with E-state index in [4.69, 9.17) is 10.5 Å². The number of hydrogen-bond donors (Lipinski definition) is 2. The average Bonchev–Trinajstić information content (AvgIpc) is 3.23. The van der Waals surface area contributed by atoms with Gasteiger partial charge >= 0.3 is 0 Å². The number of rotatable bonds is 9. The van der Waals surface area contributed by atoms with E-state index in [1.165, 1.54) is 23.5 Å². The summed E-state index contributed by atoms with van der Waals surface area (Å²) in [6, 6.07) is 9.63. The van der Waals surface area contributed by atoms with E-state index in [1.54, 1.807) is 12.1 Å². The molecule has 0 aliphatic carbocycles. The van der Waals surface area contributed by atoms with Gasteiger partial charge < -0.3 is 15.8 Å². The van der Waals surface area contributed by atoms with Crippen LogP contribution in [0.1, 0.15) is 52.3 Å². The van der Waals surface area contributed by atoms with Crippen LogP contribution in [0.3, 0.4) is 0 Å². The first kappa shape index (κ1) is 22.8. The first-order valence-corrected chi connectivity index (χ1v) is 11.1. The van der Waals surface area contributed by atoms with Crippen molar-refractivity contribution in [2.45, 2.75) is 39.7 Å². The highest BCUT2D eigenvalue weighted by Crippen LogP contribution is 2.33. The molecule has 1 heterocycles. The lowest BCUT2D eigenvalue weighted by molar-refractivity contribution is 0.0930. The number of nitrogens with one attached hydrogen (secondary N) is 1. The summed E-state index contributed by atoms with van der Waals surface area (Å²) < 4.78 is 19.7. The van der Waals surface area contributed by atoms with E-state index in [9.17, 15) is 9.18 Å². The molecule has 0 bridgehead atoms. The molecule has 1 amide bonds. The maximum Gasteiger partial charge on any atom is 0.254 e. The van der Waals surface area contributed by atoms with Crippen LogP contribution in [0, 0.1) is 19.7 Å². The molecule has 0 aliphatic heterocycles. The van der Waals surface area contributed by atoms with Crippen LogP contribution >= 0.6 is 11.3 Å². The molecule has 31 heavy (non-hydrogen) atoms. The summed E-state index contributed by atoms with van der Waals surface area (Å²) in [5.41, 5.74) is 8.50. The molecule has 1 aromatic heterocycles. The molecule has 2 aromatic carbocycles. The third-order valence-corrected chi connectivity index (χ3v) is 5.90. The van der Waals surface area contributed by atoms with Gasteiger partial charge in [0.05, 0.1) is 11.6 Å². The maximum atomic E-state index is 14.0. The van der Waals surface area contributed by atoms with Crippen molar-refractivity contribution >= 4 is 17.2 Å². The van der Waals surface area contributed by atoms with Crippen LogP contribution in [-0.2, 0) is 0 Å². The summed E-state index contributed by atoms with van der Waals surface area (Å²) in [7, 11) is 0. The van der Waals surface area contributed by atoms with Gasteiger partial charge in [0, 0.05) is 12.1 Å². The fourth-order valence-corrected chi connectivity index (χ4v) is 4.30. The molecule has 0 aliphatic rings. The molecule has 0 radical (unpaired) electrons. The summed E-state index contributed by atoms with van der Waals surface area (Å²) in [5.74, 6) is -0.169. The Morgan fingerprint density at radius 2 is 1.94 bits per heavy atom. The van der Waals surface area contributed by atoms with Crippen LogP contribution in [0.4, 0.5) is 4.39 Å². The molecule has 3 rings (SSSR count). The van der Waals surface area contributed by atoms with Crippen LogP contribution in [0.5, 0.6) is 5.75 Å². The quantitative estimate of drug-likeness (QED) is 0.507. The third-order valence-electron chi connectivity index (χ3n) is 4.81. The van der Waals surface area contributed by atoms with Gasteiger partial charge in [0.2, 0.25) is 0 Å². The Hall–Kier alpha value is -2.84. The van der Waals surface area contributed by atoms with Gasteiger partial charge in [0.25, 0.3) is 5.91 Å². The maximum absolute atomic E-state index is 14.0. The standard InChI is InChI=1S/C23H27FN4O2S/c1-4-7-19(26-21(29)17-8-5-6-9-18(17)24)23-28-27-22(31-23)16-12-14(2)20(15(3)13-16)30-11-10-25/h5-6,8-9,12-13,19H,4,7,10-11,25H2,1-3H3,(H,26,29). The van der Waals surface area contributed by atoms with E-state index in [1.807, 2.05) is 32.9 Å². The molecular formula is C23H27FN4O2S. The van der Waals surface area contributed by atoms with Gasteiger partial charge in [-0.3, -0.25) is 4.79 Å². The zero-order valence-corrected chi connectivity index (χ0v) is 18.8. The highest BCUT2D eigenvalue weighted by atomic mass is 32.1. The number of aryl methyl sites for hydroxylation is 2. The number of hydrogen-bond acceptors (Lipinski definition) is 6. The second-order valence-electron chi connectivity index (χ2n) is 7.32. The highest BCUT2D eigenvalue weighted by molar-refractivity contribution is 7.14. The Labute approximate surface area is 185 Å². The van der Waals surface area contributed by atoms with Gasteiger partial charge in [0.1, 0.15) is 28.2 Å². The number of carbonyl (C=O) groups is 1. The summed E-state index contributed by atoms with van der Waals surface area (Å²) in [6.07, 6.45) is 1.52. The van der Waals surface area contributed by atoms with Gasteiger partial charge in [-0.15, -0.1) is 10.2 Å². The molecule has 164 valence electrons. The SMILES string of the molecule is CCCC(NC(=O)c1ccccc1F)c1nnc(-c2cc(C)c(OCCN)c(C)c2)s1. The second kappa shape index (κ2) is 10.5. The minimum Gasteiger partial charge on any atom is -0.492 e. The largest absolute Gasteiger partial charge is 0.492 e. The molecule has 3 aromatic rings.